The van der Waals surface area contributed by atoms with E-state index in [1.165, 1.54) is 19.2 Å². The van der Waals surface area contributed by atoms with Crippen molar-refractivity contribution in [3.8, 4) is 17.6 Å². The minimum atomic E-state index is -0.935. The Bertz CT molecular complexity index is 742. The van der Waals surface area contributed by atoms with E-state index >= 15 is 0 Å². The van der Waals surface area contributed by atoms with E-state index in [0.717, 1.165) is 12.8 Å². The molecule has 1 aromatic rings. The van der Waals surface area contributed by atoms with E-state index in [0.29, 0.717) is 18.1 Å². The van der Waals surface area contributed by atoms with Crippen LogP contribution in [-0.2, 0) is 9.53 Å². The van der Waals surface area contributed by atoms with Crippen LogP contribution in [0.5, 0.6) is 11.5 Å². The lowest BCUT2D eigenvalue weighted by atomic mass is 9.98. The Morgan fingerprint density at radius 1 is 1.42 bits per heavy atom. The number of esters is 1. The van der Waals surface area contributed by atoms with Crippen molar-refractivity contribution >= 4 is 23.5 Å². The van der Waals surface area contributed by atoms with Gasteiger partial charge in [0.25, 0.3) is 5.91 Å². The monoisotopic (exact) mass is 380 g/mol. The molecule has 1 atom stereocenters. The highest BCUT2D eigenvalue weighted by Crippen LogP contribution is 2.39. The highest BCUT2D eigenvalue weighted by atomic mass is 35.5. The lowest BCUT2D eigenvalue weighted by molar-refractivity contribution is -0.125. The van der Waals surface area contributed by atoms with E-state index in [4.69, 9.17) is 25.8 Å². The Labute approximate surface area is 157 Å². The van der Waals surface area contributed by atoms with E-state index in [2.05, 4.69) is 11.4 Å². The fourth-order valence-corrected chi connectivity index (χ4v) is 2.81. The maximum atomic E-state index is 12.2. The Balaban J connectivity index is 2.00. The van der Waals surface area contributed by atoms with Crippen LogP contribution in [0, 0.1) is 17.2 Å². The molecule has 2 rings (SSSR count). The second kappa shape index (κ2) is 8.28. The van der Waals surface area contributed by atoms with Crippen molar-refractivity contribution in [2.45, 2.75) is 32.2 Å². The van der Waals surface area contributed by atoms with Crippen LogP contribution in [0.25, 0.3) is 0 Å². The number of ether oxygens (including phenoxy) is 3. The summed E-state index contributed by atoms with van der Waals surface area (Å²) in [5, 5.41) is 12.1. The van der Waals surface area contributed by atoms with Crippen molar-refractivity contribution in [3.63, 3.8) is 0 Å². The molecule has 1 amide bonds. The molecule has 0 radical (unpaired) electrons. The minimum Gasteiger partial charge on any atom is -0.493 e. The van der Waals surface area contributed by atoms with Crippen molar-refractivity contribution in [3.05, 3.63) is 22.7 Å². The molecule has 1 aliphatic rings. The third-order valence-electron chi connectivity index (χ3n) is 4.11. The summed E-state index contributed by atoms with van der Waals surface area (Å²) < 4.78 is 15.6. The van der Waals surface area contributed by atoms with E-state index < -0.39 is 24.0 Å². The molecule has 1 fully saturated rings. The molecule has 0 unspecified atom stereocenters. The highest BCUT2D eigenvalue weighted by molar-refractivity contribution is 6.32. The number of carbonyl (C=O) groups excluding carboxylic acids is 2. The van der Waals surface area contributed by atoms with Gasteiger partial charge in [-0.05, 0) is 44.7 Å². The predicted molar refractivity (Wildman–Crippen MR) is 94.3 cm³/mol. The minimum absolute atomic E-state index is 0.133. The van der Waals surface area contributed by atoms with Gasteiger partial charge >= 0.3 is 5.97 Å². The lowest BCUT2D eigenvalue weighted by Crippen LogP contribution is -2.48. The number of hydrogen-bond acceptors (Lipinski definition) is 6. The quantitative estimate of drug-likeness (QED) is 0.696. The van der Waals surface area contributed by atoms with Gasteiger partial charge in [0.15, 0.2) is 18.1 Å². The van der Waals surface area contributed by atoms with Gasteiger partial charge < -0.3 is 19.5 Å². The molecule has 0 heterocycles. The van der Waals surface area contributed by atoms with Crippen LogP contribution in [0.3, 0.4) is 0 Å². The zero-order valence-corrected chi connectivity index (χ0v) is 15.7. The third kappa shape index (κ3) is 4.58. The Hall–Kier alpha value is -2.46. The standard InChI is InChI=1S/C18H21ClN2O5/c1-4-25-16-13(19)7-11(8-14(16)24-3)17(23)26-9-15(22)21-18(2,10-20)12-5-6-12/h7-8,12H,4-6,9H2,1-3H3,(H,21,22)/t18-/m1/s1. The number of nitriles is 1. The van der Waals surface area contributed by atoms with Gasteiger partial charge in [-0.15, -0.1) is 0 Å². The third-order valence-corrected chi connectivity index (χ3v) is 4.39. The van der Waals surface area contributed by atoms with Crippen LogP contribution in [0.15, 0.2) is 12.1 Å². The first-order valence-corrected chi connectivity index (χ1v) is 8.62. The van der Waals surface area contributed by atoms with E-state index in [1.807, 2.05) is 0 Å². The van der Waals surface area contributed by atoms with Crippen LogP contribution in [0.2, 0.25) is 5.02 Å². The number of rotatable bonds is 8. The molecule has 1 N–H and O–H groups in total. The number of nitrogens with one attached hydrogen (secondary N) is 1. The topological polar surface area (TPSA) is 97.6 Å². The zero-order valence-electron chi connectivity index (χ0n) is 14.9. The maximum absolute atomic E-state index is 12.2. The molecule has 1 aliphatic carbocycles. The van der Waals surface area contributed by atoms with Gasteiger partial charge in [-0.2, -0.15) is 5.26 Å². The largest absolute Gasteiger partial charge is 0.493 e. The summed E-state index contributed by atoms with van der Waals surface area (Å²) in [6, 6.07) is 4.93. The molecule has 0 saturated heterocycles. The number of amides is 1. The molecular formula is C18H21ClN2O5. The molecular weight excluding hydrogens is 360 g/mol. The summed E-state index contributed by atoms with van der Waals surface area (Å²) in [5.41, 5.74) is -0.803. The molecule has 8 heteroatoms. The summed E-state index contributed by atoms with van der Waals surface area (Å²) in [4.78, 5) is 24.2. The summed E-state index contributed by atoms with van der Waals surface area (Å²) in [6.07, 6.45) is 1.79. The number of methoxy groups -OCH3 is 1. The van der Waals surface area contributed by atoms with Crippen molar-refractivity contribution in [1.29, 1.82) is 5.26 Å². The fourth-order valence-electron chi connectivity index (χ4n) is 2.54. The smallest absolute Gasteiger partial charge is 0.338 e. The number of benzene rings is 1. The van der Waals surface area contributed by atoms with Gasteiger partial charge in [0, 0.05) is 0 Å². The van der Waals surface area contributed by atoms with Crippen molar-refractivity contribution < 1.29 is 23.8 Å². The fraction of sp³-hybridized carbons (Fsp3) is 0.500. The Kier molecular flexibility index (Phi) is 6.32. The number of halogens is 1. The van der Waals surface area contributed by atoms with Crippen LogP contribution < -0.4 is 14.8 Å². The van der Waals surface area contributed by atoms with Gasteiger partial charge in [0.05, 0.1) is 30.4 Å². The van der Waals surface area contributed by atoms with Gasteiger partial charge in [-0.1, -0.05) is 11.6 Å². The molecule has 140 valence electrons. The summed E-state index contributed by atoms with van der Waals surface area (Å²) in [5.74, 6) is -0.491. The van der Waals surface area contributed by atoms with Gasteiger partial charge in [-0.25, -0.2) is 4.79 Å². The highest BCUT2D eigenvalue weighted by Gasteiger charge is 2.43. The molecule has 7 nitrogen and oxygen atoms in total. The molecule has 0 aliphatic heterocycles. The first-order valence-electron chi connectivity index (χ1n) is 8.24. The SMILES string of the molecule is CCOc1c(Cl)cc(C(=O)OCC(=O)N[C@](C)(C#N)C2CC2)cc1OC. The van der Waals surface area contributed by atoms with Crippen LogP contribution in [0.1, 0.15) is 37.0 Å². The van der Waals surface area contributed by atoms with Crippen LogP contribution in [-0.4, -0.2) is 37.7 Å². The normalized spacial score (nSPS) is 15.3. The van der Waals surface area contributed by atoms with Crippen molar-refractivity contribution in [1.82, 2.24) is 5.32 Å². The number of carbonyl (C=O) groups is 2. The summed E-state index contributed by atoms with van der Waals surface area (Å²) in [6.45, 7) is 3.36. The second-order valence-corrected chi connectivity index (χ2v) is 6.54. The van der Waals surface area contributed by atoms with Crippen LogP contribution in [0.4, 0.5) is 0 Å². The molecule has 1 saturated carbocycles. The van der Waals surface area contributed by atoms with Gasteiger partial charge in [0.2, 0.25) is 0 Å². The molecule has 1 aromatic carbocycles. The average Bonchev–Trinajstić information content (AvgIpc) is 3.46. The van der Waals surface area contributed by atoms with Crippen molar-refractivity contribution in [2.24, 2.45) is 5.92 Å². The predicted octanol–water partition coefficient (Wildman–Crippen LogP) is 2.71. The molecule has 0 aromatic heterocycles. The molecule has 0 bridgehead atoms. The van der Waals surface area contributed by atoms with Gasteiger partial charge in [0.1, 0.15) is 5.54 Å². The van der Waals surface area contributed by atoms with Crippen LogP contribution >= 0.6 is 11.6 Å². The van der Waals surface area contributed by atoms with E-state index in [1.54, 1.807) is 13.8 Å². The average molecular weight is 381 g/mol. The first-order chi connectivity index (χ1) is 12.3. The molecule has 26 heavy (non-hydrogen) atoms. The van der Waals surface area contributed by atoms with Gasteiger partial charge in [-0.3, -0.25) is 4.79 Å². The molecule has 0 spiro atoms. The summed E-state index contributed by atoms with van der Waals surface area (Å²) in [7, 11) is 1.43. The van der Waals surface area contributed by atoms with E-state index in [9.17, 15) is 14.9 Å². The lowest BCUT2D eigenvalue weighted by Gasteiger charge is -2.22. The zero-order chi connectivity index (χ0) is 19.3. The summed E-state index contributed by atoms with van der Waals surface area (Å²) >= 11 is 6.12. The Morgan fingerprint density at radius 2 is 2.12 bits per heavy atom. The second-order valence-electron chi connectivity index (χ2n) is 6.14. The number of nitrogens with zero attached hydrogens (tertiary/aromatic N) is 1. The first kappa shape index (κ1) is 19.9. The van der Waals surface area contributed by atoms with E-state index in [-0.39, 0.29) is 16.5 Å². The van der Waals surface area contributed by atoms with Crippen molar-refractivity contribution in [2.75, 3.05) is 20.3 Å². The Morgan fingerprint density at radius 3 is 2.65 bits per heavy atom. The number of hydrogen-bond donors (Lipinski definition) is 1. The maximum Gasteiger partial charge on any atom is 0.338 e.